The topological polar surface area (TPSA) is 30.5 Å². The quantitative estimate of drug-likeness (QED) is 0.642. The second-order valence-electron chi connectivity index (χ2n) is 4.79. The van der Waals surface area contributed by atoms with Crippen molar-refractivity contribution in [2.24, 2.45) is 0 Å². The normalized spacial score (nSPS) is 13.1. The summed E-state index contributed by atoms with van der Waals surface area (Å²) in [6, 6.07) is 0. The van der Waals surface area contributed by atoms with E-state index in [2.05, 4.69) is 33.0 Å². The van der Waals surface area contributed by atoms with E-state index in [4.69, 9.17) is 9.47 Å². The van der Waals surface area contributed by atoms with Crippen molar-refractivity contribution in [1.29, 1.82) is 0 Å². The summed E-state index contributed by atoms with van der Waals surface area (Å²) in [6.45, 7) is 10.5. The van der Waals surface area contributed by atoms with Gasteiger partial charge in [0, 0.05) is 27.3 Å². The zero-order valence-electron chi connectivity index (χ0n) is 12.6. The van der Waals surface area contributed by atoms with Crippen molar-refractivity contribution in [2.45, 2.75) is 64.6 Å². The van der Waals surface area contributed by atoms with Gasteiger partial charge in [0.25, 0.3) is 0 Å². The molecule has 3 nitrogen and oxygen atoms in total. The molecule has 0 heterocycles. The van der Waals surface area contributed by atoms with Gasteiger partial charge in [-0.2, -0.15) is 0 Å². The summed E-state index contributed by atoms with van der Waals surface area (Å²) in [5, 5.41) is 3.52. The lowest BCUT2D eigenvalue weighted by molar-refractivity contribution is -0.0368. The summed E-state index contributed by atoms with van der Waals surface area (Å²) in [4.78, 5) is 0. The van der Waals surface area contributed by atoms with Crippen molar-refractivity contribution >= 4 is 0 Å². The summed E-state index contributed by atoms with van der Waals surface area (Å²) in [7, 11) is 3.61. The molecule has 0 saturated carbocycles. The van der Waals surface area contributed by atoms with Gasteiger partial charge in [0.2, 0.25) is 0 Å². The largest absolute Gasteiger partial charge is 0.377 e. The lowest BCUT2D eigenvalue weighted by atomic mass is 9.94. The lowest BCUT2D eigenvalue weighted by Gasteiger charge is -2.35. The minimum absolute atomic E-state index is 0.0268. The van der Waals surface area contributed by atoms with Gasteiger partial charge in [-0.3, -0.25) is 0 Å². The fourth-order valence-corrected chi connectivity index (χ4v) is 2.24. The molecule has 0 aromatic rings. The molecule has 0 bridgehead atoms. The Kier molecular flexibility index (Phi) is 8.01. The molecule has 0 unspecified atom stereocenters. The van der Waals surface area contributed by atoms with Gasteiger partial charge in [0.1, 0.15) is 0 Å². The van der Waals surface area contributed by atoms with Gasteiger partial charge in [-0.05, 0) is 25.7 Å². The molecule has 0 amide bonds. The fourth-order valence-electron chi connectivity index (χ4n) is 2.24. The molecule has 0 aliphatic rings. The third-order valence-corrected chi connectivity index (χ3v) is 4.34. The Balaban J connectivity index is 4.28. The van der Waals surface area contributed by atoms with E-state index >= 15 is 0 Å². The van der Waals surface area contributed by atoms with Crippen molar-refractivity contribution in [3.8, 4) is 0 Å². The predicted molar refractivity (Wildman–Crippen MR) is 73.5 cm³/mol. The van der Waals surface area contributed by atoms with Crippen LogP contribution in [0, 0.1) is 0 Å². The second kappa shape index (κ2) is 8.06. The van der Waals surface area contributed by atoms with E-state index in [0.29, 0.717) is 0 Å². The van der Waals surface area contributed by atoms with Crippen LogP contribution in [0.25, 0.3) is 0 Å². The van der Waals surface area contributed by atoms with Crippen LogP contribution in [0.2, 0.25) is 0 Å². The molecule has 0 atom stereocenters. The molecular formula is C14H31NO2. The standard InChI is InChI=1S/C14H31NO2/c1-7-13(8-2,16-5)11-15-12-14(9-3,10-4)17-6/h15H,7-12H2,1-6H3. The minimum Gasteiger partial charge on any atom is -0.377 e. The molecule has 0 aromatic carbocycles. The molecule has 17 heavy (non-hydrogen) atoms. The maximum Gasteiger partial charge on any atom is 0.0797 e. The summed E-state index contributed by atoms with van der Waals surface area (Å²) < 4.78 is 11.3. The van der Waals surface area contributed by atoms with Gasteiger partial charge in [0.05, 0.1) is 11.2 Å². The van der Waals surface area contributed by atoms with E-state index in [0.717, 1.165) is 38.8 Å². The van der Waals surface area contributed by atoms with E-state index in [1.807, 2.05) is 0 Å². The Hall–Kier alpha value is -0.120. The van der Waals surface area contributed by atoms with Gasteiger partial charge < -0.3 is 14.8 Å². The first-order chi connectivity index (χ1) is 8.07. The SMILES string of the molecule is CCC(CC)(CNCC(CC)(CC)OC)OC. The molecule has 3 heteroatoms. The second-order valence-corrected chi connectivity index (χ2v) is 4.79. The third kappa shape index (κ3) is 4.57. The molecule has 0 rings (SSSR count). The number of hydrogen-bond acceptors (Lipinski definition) is 3. The van der Waals surface area contributed by atoms with Crippen molar-refractivity contribution in [2.75, 3.05) is 27.3 Å². The van der Waals surface area contributed by atoms with Crippen LogP contribution in [0.5, 0.6) is 0 Å². The van der Waals surface area contributed by atoms with Gasteiger partial charge >= 0.3 is 0 Å². The van der Waals surface area contributed by atoms with Gasteiger partial charge in [0.15, 0.2) is 0 Å². The molecule has 1 N–H and O–H groups in total. The number of methoxy groups -OCH3 is 2. The van der Waals surface area contributed by atoms with Crippen LogP contribution < -0.4 is 5.32 Å². The van der Waals surface area contributed by atoms with Gasteiger partial charge in [-0.1, -0.05) is 27.7 Å². The summed E-state index contributed by atoms with van der Waals surface area (Å²) >= 11 is 0. The molecule has 0 radical (unpaired) electrons. The maximum atomic E-state index is 5.65. The predicted octanol–water partition coefficient (Wildman–Crippen LogP) is 2.99. The van der Waals surface area contributed by atoms with E-state index in [-0.39, 0.29) is 11.2 Å². The average molecular weight is 245 g/mol. The monoisotopic (exact) mass is 245 g/mol. The first-order valence-electron chi connectivity index (χ1n) is 6.88. The lowest BCUT2D eigenvalue weighted by Crippen LogP contribution is -2.48. The van der Waals surface area contributed by atoms with Gasteiger partial charge in [-0.25, -0.2) is 0 Å². The summed E-state index contributed by atoms with van der Waals surface area (Å²) in [5.74, 6) is 0. The zero-order chi connectivity index (χ0) is 13.4. The highest BCUT2D eigenvalue weighted by Crippen LogP contribution is 2.21. The van der Waals surface area contributed by atoms with Crippen LogP contribution in [0.3, 0.4) is 0 Å². The van der Waals surface area contributed by atoms with Crippen LogP contribution in [0.1, 0.15) is 53.4 Å². The molecule has 0 saturated heterocycles. The Morgan fingerprint density at radius 3 is 1.18 bits per heavy atom. The number of hydrogen-bond donors (Lipinski definition) is 1. The molecule has 0 aliphatic heterocycles. The van der Waals surface area contributed by atoms with Crippen LogP contribution in [-0.4, -0.2) is 38.5 Å². The van der Waals surface area contributed by atoms with Gasteiger partial charge in [-0.15, -0.1) is 0 Å². The zero-order valence-corrected chi connectivity index (χ0v) is 12.6. The highest BCUT2D eigenvalue weighted by Gasteiger charge is 2.29. The fraction of sp³-hybridized carbons (Fsp3) is 1.00. The van der Waals surface area contributed by atoms with E-state index in [9.17, 15) is 0 Å². The first kappa shape index (κ1) is 16.9. The number of ether oxygens (including phenoxy) is 2. The van der Waals surface area contributed by atoms with Crippen molar-refractivity contribution < 1.29 is 9.47 Å². The molecule has 0 spiro atoms. The molecule has 0 fully saturated rings. The Morgan fingerprint density at radius 1 is 0.706 bits per heavy atom. The van der Waals surface area contributed by atoms with Crippen LogP contribution in [0.4, 0.5) is 0 Å². The third-order valence-electron chi connectivity index (χ3n) is 4.34. The van der Waals surface area contributed by atoms with E-state index in [1.54, 1.807) is 14.2 Å². The highest BCUT2D eigenvalue weighted by atomic mass is 16.5. The van der Waals surface area contributed by atoms with E-state index in [1.165, 1.54) is 0 Å². The number of rotatable bonds is 10. The van der Waals surface area contributed by atoms with Crippen molar-refractivity contribution in [1.82, 2.24) is 5.32 Å². The minimum atomic E-state index is -0.0268. The summed E-state index contributed by atoms with van der Waals surface area (Å²) in [6.07, 6.45) is 4.13. The maximum absolute atomic E-state index is 5.65. The van der Waals surface area contributed by atoms with Crippen LogP contribution in [-0.2, 0) is 9.47 Å². The van der Waals surface area contributed by atoms with Crippen LogP contribution in [0.15, 0.2) is 0 Å². The summed E-state index contributed by atoms with van der Waals surface area (Å²) in [5.41, 5.74) is -0.0536. The average Bonchev–Trinajstić information content (AvgIpc) is 2.41. The van der Waals surface area contributed by atoms with E-state index < -0.39 is 0 Å². The van der Waals surface area contributed by atoms with Crippen molar-refractivity contribution in [3.63, 3.8) is 0 Å². The molecule has 104 valence electrons. The smallest absolute Gasteiger partial charge is 0.0797 e. The highest BCUT2D eigenvalue weighted by molar-refractivity contribution is 4.85. The first-order valence-corrected chi connectivity index (χ1v) is 6.88. The molecular weight excluding hydrogens is 214 g/mol. The number of nitrogens with one attached hydrogen (secondary N) is 1. The van der Waals surface area contributed by atoms with Crippen LogP contribution >= 0.6 is 0 Å². The Morgan fingerprint density at radius 2 is 1.00 bits per heavy atom. The molecule has 0 aliphatic carbocycles. The van der Waals surface area contributed by atoms with Crippen molar-refractivity contribution in [3.05, 3.63) is 0 Å². The molecule has 0 aromatic heterocycles. The Labute approximate surface area is 107 Å². The Bertz CT molecular complexity index is 150.